The fraction of sp³-hybridized carbons (Fsp3) is 0.375. The second-order valence-corrected chi connectivity index (χ2v) is 8.03. The van der Waals surface area contributed by atoms with Gasteiger partial charge in [-0.1, -0.05) is 42.5 Å². The van der Waals surface area contributed by atoms with E-state index in [0.29, 0.717) is 12.6 Å². The third-order valence-corrected chi connectivity index (χ3v) is 5.98. The summed E-state index contributed by atoms with van der Waals surface area (Å²) in [7, 11) is 2.21. The van der Waals surface area contributed by atoms with Crippen LogP contribution in [0.3, 0.4) is 0 Å². The number of likely N-dealkylation sites (tertiary alicyclic amines) is 1. The number of benzene rings is 2. The minimum Gasteiger partial charge on any atom is -0.339 e. The van der Waals surface area contributed by atoms with Crippen molar-refractivity contribution < 1.29 is 4.79 Å². The van der Waals surface area contributed by atoms with Crippen molar-refractivity contribution in [2.75, 3.05) is 26.7 Å². The molecule has 1 saturated heterocycles. The highest BCUT2D eigenvalue weighted by Crippen LogP contribution is 2.18. The van der Waals surface area contributed by atoms with Gasteiger partial charge in [0.05, 0.1) is 6.54 Å². The summed E-state index contributed by atoms with van der Waals surface area (Å²) in [5.41, 5.74) is 3.24. The molecule has 2 heterocycles. The predicted molar refractivity (Wildman–Crippen MR) is 117 cm³/mol. The van der Waals surface area contributed by atoms with Crippen molar-refractivity contribution in [2.24, 2.45) is 0 Å². The van der Waals surface area contributed by atoms with Crippen LogP contribution in [-0.2, 0) is 13.0 Å². The van der Waals surface area contributed by atoms with Crippen molar-refractivity contribution in [2.45, 2.75) is 31.8 Å². The first-order chi connectivity index (χ1) is 14.7. The summed E-state index contributed by atoms with van der Waals surface area (Å²) in [5, 5.41) is 4.12. The van der Waals surface area contributed by atoms with Gasteiger partial charge < -0.3 is 9.80 Å². The molecule has 156 valence electrons. The maximum atomic E-state index is 12.9. The number of aromatic nitrogens is 3. The lowest BCUT2D eigenvalue weighted by Gasteiger charge is -2.37. The van der Waals surface area contributed by atoms with Crippen LogP contribution in [0.15, 0.2) is 67.3 Å². The largest absolute Gasteiger partial charge is 0.339 e. The number of hydrogen-bond donors (Lipinski definition) is 0. The smallest absolute Gasteiger partial charge is 0.253 e. The molecule has 0 radical (unpaired) electrons. The molecule has 1 aromatic heterocycles. The maximum absolute atomic E-state index is 12.9. The van der Waals surface area contributed by atoms with Gasteiger partial charge in [0.25, 0.3) is 5.91 Å². The molecule has 0 saturated carbocycles. The minimum atomic E-state index is 0.132. The van der Waals surface area contributed by atoms with E-state index < -0.39 is 0 Å². The third kappa shape index (κ3) is 5.13. The van der Waals surface area contributed by atoms with Gasteiger partial charge in [-0.2, -0.15) is 5.10 Å². The first-order valence-corrected chi connectivity index (χ1v) is 10.6. The molecule has 30 heavy (non-hydrogen) atoms. The van der Waals surface area contributed by atoms with E-state index in [2.05, 4.69) is 52.4 Å². The summed E-state index contributed by atoms with van der Waals surface area (Å²) < 4.78 is 1.77. The van der Waals surface area contributed by atoms with E-state index >= 15 is 0 Å². The van der Waals surface area contributed by atoms with Crippen LogP contribution < -0.4 is 0 Å². The van der Waals surface area contributed by atoms with Crippen LogP contribution in [0.4, 0.5) is 0 Å². The molecule has 4 rings (SSSR count). The first kappa shape index (κ1) is 20.3. The number of carbonyl (C=O) groups excluding carboxylic acids is 1. The number of likely N-dealkylation sites (N-methyl/N-ethyl adjacent to an activating group) is 1. The third-order valence-electron chi connectivity index (χ3n) is 5.98. The van der Waals surface area contributed by atoms with Gasteiger partial charge in [-0.15, -0.1) is 0 Å². The molecule has 1 aliphatic rings. The van der Waals surface area contributed by atoms with E-state index in [0.717, 1.165) is 50.0 Å². The van der Waals surface area contributed by atoms with Crippen molar-refractivity contribution in [3.05, 3.63) is 83.9 Å². The Balaban J connectivity index is 1.25. The molecule has 0 spiro atoms. The lowest BCUT2D eigenvalue weighted by molar-refractivity contribution is 0.0647. The quantitative estimate of drug-likeness (QED) is 0.608. The molecular weight excluding hydrogens is 374 g/mol. The zero-order chi connectivity index (χ0) is 20.8. The van der Waals surface area contributed by atoms with Gasteiger partial charge in [0.2, 0.25) is 0 Å². The predicted octanol–water partition coefficient (Wildman–Crippen LogP) is 3.11. The Morgan fingerprint density at radius 1 is 1.03 bits per heavy atom. The van der Waals surface area contributed by atoms with Gasteiger partial charge in [0, 0.05) is 31.2 Å². The molecule has 1 amide bonds. The number of hydrogen-bond acceptors (Lipinski definition) is 4. The lowest BCUT2D eigenvalue weighted by atomic mass is 10.0. The summed E-state index contributed by atoms with van der Waals surface area (Å²) in [6.45, 7) is 3.35. The zero-order valence-electron chi connectivity index (χ0n) is 17.5. The number of amides is 1. The van der Waals surface area contributed by atoms with E-state index in [4.69, 9.17) is 0 Å². The van der Waals surface area contributed by atoms with Gasteiger partial charge in [-0.05, 0) is 49.6 Å². The summed E-state index contributed by atoms with van der Waals surface area (Å²) in [6.07, 6.45) is 6.35. The molecule has 0 atom stereocenters. The molecule has 6 heteroatoms. The van der Waals surface area contributed by atoms with Gasteiger partial charge in [-0.25, -0.2) is 9.67 Å². The van der Waals surface area contributed by atoms with Crippen LogP contribution in [0.5, 0.6) is 0 Å². The van der Waals surface area contributed by atoms with Gasteiger partial charge in [0.15, 0.2) is 0 Å². The highest BCUT2D eigenvalue weighted by atomic mass is 16.2. The molecule has 2 aromatic carbocycles. The number of rotatable bonds is 7. The van der Waals surface area contributed by atoms with Crippen molar-refractivity contribution in [3.8, 4) is 0 Å². The molecule has 1 aliphatic heterocycles. The molecule has 0 aliphatic carbocycles. The number of piperidine rings is 1. The van der Waals surface area contributed by atoms with Gasteiger partial charge in [-0.3, -0.25) is 4.79 Å². The van der Waals surface area contributed by atoms with Crippen molar-refractivity contribution >= 4 is 5.91 Å². The Kier molecular flexibility index (Phi) is 6.54. The van der Waals surface area contributed by atoms with Crippen molar-refractivity contribution in [3.63, 3.8) is 0 Å². The minimum absolute atomic E-state index is 0.132. The van der Waals surface area contributed by atoms with Crippen molar-refractivity contribution in [1.29, 1.82) is 0 Å². The molecular formula is C24H29N5O. The van der Waals surface area contributed by atoms with Crippen LogP contribution in [0.25, 0.3) is 0 Å². The topological polar surface area (TPSA) is 54.3 Å². The molecule has 0 bridgehead atoms. The number of carbonyl (C=O) groups is 1. The Labute approximate surface area is 178 Å². The SMILES string of the molecule is CN(CCc1ccccc1)C1CCN(C(=O)c2ccc(Cn3cncn3)cc2)CC1. The fourth-order valence-corrected chi connectivity index (χ4v) is 4.08. The highest BCUT2D eigenvalue weighted by molar-refractivity contribution is 5.94. The Hall–Kier alpha value is -2.99. The maximum Gasteiger partial charge on any atom is 0.253 e. The molecule has 0 N–H and O–H groups in total. The van der Waals surface area contributed by atoms with E-state index in [1.807, 2.05) is 29.2 Å². The molecule has 0 unspecified atom stereocenters. The van der Waals surface area contributed by atoms with Crippen LogP contribution in [0, 0.1) is 0 Å². The van der Waals surface area contributed by atoms with E-state index in [-0.39, 0.29) is 5.91 Å². The highest BCUT2D eigenvalue weighted by Gasteiger charge is 2.25. The molecule has 6 nitrogen and oxygen atoms in total. The van der Waals surface area contributed by atoms with E-state index in [1.165, 1.54) is 11.9 Å². The van der Waals surface area contributed by atoms with E-state index in [1.54, 1.807) is 11.0 Å². The van der Waals surface area contributed by atoms with Gasteiger partial charge in [0.1, 0.15) is 12.7 Å². The summed E-state index contributed by atoms with van der Waals surface area (Å²) in [4.78, 5) is 21.3. The summed E-state index contributed by atoms with van der Waals surface area (Å²) in [5.74, 6) is 0.132. The average molecular weight is 404 g/mol. The van der Waals surface area contributed by atoms with Crippen LogP contribution >= 0.6 is 0 Å². The standard InChI is InChI=1S/C24H29N5O/c1-27(14-11-20-5-3-2-4-6-20)23-12-15-28(16-13-23)24(30)22-9-7-21(8-10-22)17-29-19-25-18-26-29/h2-10,18-19,23H,11-17H2,1H3. The number of nitrogens with zero attached hydrogens (tertiary/aromatic N) is 5. The molecule has 3 aromatic rings. The van der Waals surface area contributed by atoms with Crippen LogP contribution in [0.2, 0.25) is 0 Å². The van der Waals surface area contributed by atoms with Crippen molar-refractivity contribution in [1.82, 2.24) is 24.6 Å². The van der Waals surface area contributed by atoms with Gasteiger partial charge >= 0.3 is 0 Å². The second kappa shape index (κ2) is 9.67. The lowest BCUT2D eigenvalue weighted by Crippen LogP contribution is -2.46. The first-order valence-electron chi connectivity index (χ1n) is 10.6. The normalized spacial score (nSPS) is 14.9. The summed E-state index contributed by atoms with van der Waals surface area (Å²) in [6, 6.07) is 19.0. The molecule has 1 fully saturated rings. The summed E-state index contributed by atoms with van der Waals surface area (Å²) >= 11 is 0. The van der Waals surface area contributed by atoms with Crippen LogP contribution in [-0.4, -0.2) is 63.2 Å². The second-order valence-electron chi connectivity index (χ2n) is 8.03. The average Bonchev–Trinajstić information content (AvgIpc) is 3.31. The zero-order valence-corrected chi connectivity index (χ0v) is 17.5. The van der Waals surface area contributed by atoms with E-state index in [9.17, 15) is 4.79 Å². The Bertz CT molecular complexity index is 916. The Morgan fingerprint density at radius 2 is 1.77 bits per heavy atom. The fourth-order valence-electron chi connectivity index (χ4n) is 4.08. The Morgan fingerprint density at radius 3 is 2.43 bits per heavy atom. The monoisotopic (exact) mass is 403 g/mol. The van der Waals surface area contributed by atoms with Crippen LogP contribution in [0.1, 0.15) is 34.3 Å².